The highest BCUT2D eigenvalue weighted by Gasteiger charge is 2.27. The Kier molecular flexibility index (Phi) is 4.45. The van der Waals surface area contributed by atoms with Crippen LogP contribution < -0.4 is 4.90 Å². The molecule has 0 unspecified atom stereocenters. The number of nitrogens with zero attached hydrogens (tertiary/aromatic N) is 3. The lowest BCUT2D eigenvalue weighted by Gasteiger charge is -2.25. The van der Waals surface area contributed by atoms with E-state index in [-0.39, 0.29) is 5.75 Å². The highest BCUT2D eigenvalue weighted by Crippen LogP contribution is 2.34. The van der Waals surface area contributed by atoms with Crippen molar-refractivity contribution in [3.05, 3.63) is 0 Å². The summed E-state index contributed by atoms with van der Waals surface area (Å²) in [6.45, 7) is 5.33. The Morgan fingerprint density at radius 2 is 2.28 bits per heavy atom. The first-order valence-corrected chi connectivity index (χ1v) is 7.81. The molecule has 1 N–H and O–H groups in total. The molecule has 0 aliphatic heterocycles. The Bertz CT molecular complexity index is 418. The van der Waals surface area contributed by atoms with Crippen LogP contribution in [0.4, 0.5) is 5.13 Å². The van der Waals surface area contributed by atoms with E-state index >= 15 is 0 Å². The lowest BCUT2D eigenvalue weighted by molar-refractivity contribution is -0.133. The van der Waals surface area contributed by atoms with E-state index in [1.165, 1.54) is 35.9 Å². The molecule has 0 saturated heterocycles. The molecule has 1 aliphatic carbocycles. The minimum absolute atomic E-state index is 0.0406. The molecule has 0 atom stereocenters. The maximum atomic E-state index is 10.5. The SMILES string of the molecule is CC(C)N(CC1CC1)c1nnc(SCC(=O)O)s1. The molecule has 1 aromatic heterocycles. The number of carboxylic acids is 1. The van der Waals surface area contributed by atoms with Crippen molar-refractivity contribution in [2.75, 3.05) is 17.2 Å². The van der Waals surface area contributed by atoms with Crippen molar-refractivity contribution in [3.63, 3.8) is 0 Å². The van der Waals surface area contributed by atoms with E-state index < -0.39 is 5.97 Å². The molecule has 1 heterocycles. The van der Waals surface area contributed by atoms with Crippen molar-refractivity contribution >= 4 is 34.2 Å². The molecule has 0 radical (unpaired) electrons. The van der Waals surface area contributed by atoms with E-state index in [9.17, 15) is 4.79 Å². The molecule has 1 saturated carbocycles. The van der Waals surface area contributed by atoms with Gasteiger partial charge in [-0.15, -0.1) is 10.2 Å². The minimum Gasteiger partial charge on any atom is -0.481 e. The number of aliphatic carboxylic acids is 1. The van der Waals surface area contributed by atoms with Gasteiger partial charge < -0.3 is 10.0 Å². The number of thioether (sulfide) groups is 1. The monoisotopic (exact) mass is 287 g/mol. The van der Waals surface area contributed by atoms with Crippen molar-refractivity contribution in [3.8, 4) is 0 Å². The topological polar surface area (TPSA) is 66.3 Å². The highest BCUT2D eigenvalue weighted by atomic mass is 32.2. The number of rotatable bonds is 7. The predicted octanol–water partition coefficient (Wildman–Crippen LogP) is 2.34. The Morgan fingerprint density at radius 1 is 1.56 bits per heavy atom. The van der Waals surface area contributed by atoms with Crippen LogP contribution in [0, 0.1) is 5.92 Å². The fourth-order valence-corrected chi connectivity index (χ4v) is 3.29. The van der Waals surface area contributed by atoms with Crippen molar-refractivity contribution < 1.29 is 9.90 Å². The van der Waals surface area contributed by atoms with Crippen LogP contribution in [0.25, 0.3) is 0 Å². The van der Waals surface area contributed by atoms with Crippen LogP contribution in [0.2, 0.25) is 0 Å². The number of hydrogen-bond acceptors (Lipinski definition) is 6. The summed E-state index contributed by atoms with van der Waals surface area (Å²) in [7, 11) is 0. The first kappa shape index (κ1) is 13.6. The van der Waals surface area contributed by atoms with Gasteiger partial charge in [0.15, 0.2) is 4.34 Å². The summed E-state index contributed by atoms with van der Waals surface area (Å²) in [6.07, 6.45) is 2.62. The summed E-state index contributed by atoms with van der Waals surface area (Å²) in [5, 5.41) is 17.8. The van der Waals surface area contributed by atoms with Gasteiger partial charge in [0.1, 0.15) is 0 Å². The summed E-state index contributed by atoms with van der Waals surface area (Å²) in [5.41, 5.74) is 0. The average Bonchev–Trinajstić information content (AvgIpc) is 3.00. The summed E-state index contributed by atoms with van der Waals surface area (Å²) < 4.78 is 0.730. The third kappa shape index (κ3) is 3.84. The molecule has 2 rings (SSSR count). The second-order valence-electron chi connectivity index (χ2n) is 4.72. The lowest BCUT2D eigenvalue weighted by atomic mass is 10.3. The number of anilines is 1. The maximum absolute atomic E-state index is 10.5. The smallest absolute Gasteiger partial charge is 0.313 e. The number of aromatic nitrogens is 2. The molecular formula is C11H17N3O2S2. The highest BCUT2D eigenvalue weighted by molar-refractivity contribution is 8.01. The molecule has 18 heavy (non-hydrogen) atoms. The minimum atomic E-state index is -0.824. The molecule has 0 amide bonds. The third-order valence-corrected chi connectivity index (χ3v) is 4.81. The zero-order valence-electron chi connectivity index (χ0n) is 10.5. The van der Waals surface area contributed by atoms with Gasteiger partial charge in [0.05, 0.1) is 5.75 Å². The average molecular weight is 287 g/mol. The van der Waals surface area contributed by atoms with Gasteiger partial charge in [-0.2, -0.15) is 0 Å². The molecule has 0 aromatic carbocycles. The molecule has 1 aromatic rings. The van der Waals surface area contributed by atoms with Crippen LogP contribution in [0.15, 0.2) is 4.34 Å². The standard InChI is InChI=1S/C11H17N3O2S2/c1-7(2)14(5-8-3-4-8)10-12-13-11(18-10)17-6-9(15)16/h7-8H,3-6H2,1-2H3,(H,15,16). The van der Waals surface area contributed by atoms with Gasteiger partial charge in [0.2, 0.25) is 5.13 Å². The van der Waals surface area contributed by atoms with Crippen molar-refractivity contribution in [1.82, 2.24) is 10.2 Å². The van der Waals surface area contributed by atoms with Crippen LogP contribution in [0.5, 0.6) is 0 Å². The van der Waals surface area contributed by atoms with Gasteiger partial charge >= 0.3 is 5.97 Å². The Morgan fingerprint density at radius 3 is 2.83 bits per heavy atom. The van der Waals surface area contributed by atoms with Crippen LogP contribution in [0.1, 0.15) is 26.7 Å². The van der Waals surface area contributed by atoms with E-state index in [0.29, 0.717) is 6.04 Å². The summed E-state index contributed by atoms with van der Waals surface area (Å²) in [6, 6.07) is 0.399. The predicted molar refractivity (Wildman–Crippen MR) is 73.5 cm³/mol. The van der Waals surface area contributed by atoms with Crippen LogP contribution in [0.3, 0.4) is 0 Å². The first-order chi connectivity index (χ1) is 8.56. The maximum Gasteiger partial charge on any atom is 0.313 e. The van der Waals surface area contributed by atoms with Crippen LogP contribution in [-0.2, 0) is 4.79 Å². The number of carbonyl (C=O) groups is 1. The van der Waals surface area contributed by atoms with E-state index in [1.807, 2.05) is 0 Å². The fourth-order valence-electron chi connectivity index (χ4n) is 1.59. The van der Waals surface area contributed by atoms with Crippen molar-refractivity contribution in [2.24, 2.45) is 5.92 Å². The lowest BCUT2D eigenvalue weighted by Crippen LogP contribution is -2.32. The summed E-state index contributed by atoms with van der Waals surface area (Å²) in [4.78, 5) is 12.8. The number of hydrogen-bond donors (Lipinski definition) is 1. The van der Waals surface area contributed by atoms with E-state index in [4.69, 9.17) is 5.11 Å². The molecule has 1 aliphatic rings. The van der Waals surface area contributed by atoms with Crippen molar-refractivity contribution in [1.29, 1.82) is 0 Å². The van der Waals surface area contributed by atoms with Crippen molar-refractivity contribution in [2.45, 2.75) is 37.1 Å². The van der Waals surface area contributed by atoms with Gasteiger partial charge in [0.25, 0.3) is 0 Å². The Balaban J connectivity index is 1.98. The fraction of sp³-hybridized carbons (Fsp3) is 0.727. The Labute approximate surface area is 115 Å². The third-order valence-electron chi connectivity index (χ3n) is 2.74. The summed E-state index contributed by atoms with van der Waals surface area (Å²) in [5.74, 6) is 0.0146. The number of carboxylic acid groups (broad SMARTS) is 1. The quantitative estimate of drug-likeness (QED) is 0.776. The molecular weight excluding hydrogens is 270 g/mol. The largest absolute Gasteiger partial charge is 0.481 e. The van der Waals surface area contributed by atoms with E-state index in [1.54, 1.807) is 0 Å². The second-order valence-corrected chi connectivity index (χ2v) is 6.90. The molecule has 0 spiro atoms. The molecule has 7 heteroatoms. The van der Waals surface area contributed by atoms with Gasteiger partial charge in [-0.1, -0.05) is 23.1 Å². The molecule has 0 bridgehead atoms. The summed E-state index contributed by atoms with van der Waals surface area (Å²) >= 11 is 2.72. The van der Waals surface area contributed by atoms with Gasteiger partial charge in [-0.3, -0.25) is 4.79 Å². The van der Waals surface area contributed by atoms with E-state index in [2.05, 4.69) is 28.9 Å². The van der Waals surface area contributed by atoms with Gasteiger partial charge in [0, 0.05) is 12.6 Å². The van der Waals surface area contributed by atoms with Gasteiger partial charge in [-0.25, -0.2) is 0 Å². The van der Waals surface area contributed by atoms with E-state index in [0.717, 1.165) is 21.9 Å². The van der Waals surface area contributed by atoms with Gasteiger partial charge in [-0.05, 0) is 32.6 Å². The second kappa shape index (κ2) is 5.88. The zero-order valence-corrected chi connectivity index (χ0v) is 12.1. The zero-order chi connectivity index (χ0) is 13.1. The van der Waals surface area contributed by atoms with Crippen LogP contribution >= 0.6 is 23.1 Å². The molecule has 5 nitrogen and oxygen atoms in total. The molecule has 1 fully saturated rings. The molecule has 100 valence electrons. The Hall–Kier alpha value is -0.820. The van der Waals surface area contributed by atoms with Crippen LogP contribution in [-0.4, -0.2) is 39.6 Å². The normalized spacial score (nSPS) is 15.1. The first-order valence-electron chi connectivity index (χ1n) is 6.01.